The Bertz CT molecular complexity index is 1450. The molecule has 35 heavy (non-hydrogen) atoms. The van der Waals surface area contributed by atoms with Gasteiger partial charge in [-0.3, -0.25) is 18.8 Å². The monoisotopic (exact) mass is 494 g/mol. The summed E-state index contributed by atoms with van der Waals surface area (Å²) >= 11 is 1.20. The third kappa shape index (κ3) is 3.50. The number of aliphatic hydroxyl groups is 1. The van der Waals surface area contributed by atoms with Crippen LogP contribution in [0.3, 0.4) is 0 Å². The summed E-state index contributed by atoms with van der Waals surface area (Å²) in [6.07, 6.45) is 5.55. The summed E-state index contributed by atoms with van der Waals surface area (Å²) in [4.78, 5) is 55.9. The molecule has 5 rings (SSSR count). The number of hydrogen-bond donors (Lipinski definition) is 1. The van der Waals surface area contributed by atoms with E-state index in [1.165, 1.54) is 36.4 Å². The van der Waals surface area contributed by atoms with Gasteiger partial charge in [0.1, 0.15) is 16.9 Å². The number of β-lactam (4-membered cyclic amide) rings is 1. The van der Waals surface area contributed by atoms with E-state index in [0.29, 0.717) is 20.8 Å². The van der Waals surface area contributed by atoms with Gasteiger partial charge in [0.25, 0.3) is 0 Å². The average molecular weight is 495 g/mol. The molecule has 0 aromatic carbocycles. The van der Waals surface area contributed by atoms with Gasteiger partial charge in [0.2, 0.25) is 18.2 Å². The van der Waals surface area contributed by atoms with E-state index >= 15 is 0 Å². The molecule has 180 valence electrons. The van der Waals surface area contributed by atoms with Crippen molar-refractivity contribution in [3.8, 4) is 0 Å². The van der Waals surface area contributed by atoms with Crippen molar-refractivity contribution in [3.05, 3.63) is 58.9 Å². The minimum atomic E-state index is -1.46. The fraction of sp³-hybridized carbons (Fsp3) is 0.333. The van der Waals surface area contributed by atoms with Crippen LogP contribution in [0.4, 0.5) is 0 Å². The van der Waals surface area contributed by atoms with Crippen LogP contribution in [0.1, 0.15) is 41.7 Å². The number of carboxylic acid groups (broad SMARTS) is 1. The van der Waals surface area contributed by atoms with E-state index in [9.17, 15) is 29.4 Å². The highest BCUT2D eigenvalue weighted by Crippen LogP contribution is 2.51. The molecule has 0 bridgehead atoms. The smallest absolute Gasteiger partial charge is 0.235 e. The van der Waals surface area contributed by atoms with E-state index in [2.05, 4.69) is 4.98 Å². The number of thiazole rings is 1. The number of hydrogen-bond acceptors (Lipinski definition) is 8. The largest absolute Gasteiger partial charge is 0.543 e. The number of fused-ring (bicyclic) bond motifs is 2. The zero-order valence-electron chi connectivity index (χ0n) is 19.2. The van der Waals surface area contributed by atoms with Gasteiger partial charge in [-0.2, -0.15) is 4.57 Å². The lowest BCUT2D eigenvalue weighted by Crippen LogP contribution is -2.64. The van der Waals surface area contributed by atoms with Crippen molar-refractivity contribution in [2.45, 2.75) is 39.5 Å². The molecule has 1 amide bonds. The Balaban J connectivity index is 1.54. The summed E-state index contributed by atoms with van der Waals surface area (Å²) in [6.45, 7) is 4.95. The van der Waals surface area contributed by atoms with Gasteiger partial charge in [-0.15, -0.1) is 11.3 Å². The zero-order chi connectivity index (χ0) is 25.2. The van der Waals surface area contributed by atoms with Crippen LogP contribution in [-0.4, -0.2) is 55.0 Å². The fourth-order valence-corrected chi connectivity index (χ4v) is 6.33. The van der Waals surface area contributed by atoms with Crippen LogP contribution in [0.25, 0.3) is 10.4 Å². The van der Waals surface area contributed by atoms with Crippen molar-refractivity contribution in [1.29, 1.82) is 0 Å². The standard InChI is InChI=1S/C24H22N4O6S/c1-11(29)7-26-6-4-5-14(8-26)21(31)18-23-27(10-25-18)9-15(35-23)16-12(2)19-17(13(3)30)22(32)28(19)20(16)24(33)34/h4-6,8-10,12-13,17,19,30H,7H2,1-3H3/t12-,13+,17+,19+/m0/s1. The minimum Gasteiger partial charge on any atom is -0.543 e. The number of aromatic nitrogens is 3. The number of pyridine rings is 1. The van der Waals surface area contributed by atoms with Gasteiger partial charge in [0.15, 0.2) is 18.2 Å². The molecule has 0 aliphatic carbocycles. The molecule has 0 spiro atoms. The SMILES string of the molecule is CC(=O)C[n+]1cccc(C(=O)c2ncn3cc(C4=C(C(=O)[O-])N5C(=O)[C@H]([C@@H](C)O)[C@H]5[C@H]4C)sc23)c1. The lowest BCUT2D eigenvalue weighted by Gasteiger charge is -2.47. The number of rotatable bonds is 7. The molecule has 0 radical (unpaired) electrons. The highest BCUT2D eigenvalue weighted by atomic mass is 32.1. The van der Waals surface area contributed by atoms with Crippen LogP contribution >= 0.6 is 11.3 Å². The number of aliphatic hydroxyl groups excluding tert-OH is 1. The van der Waals surface area contributed by atoms with E-state index in [1.54, 1.807) is 39.7 Å². The van der Waals surface area contributed by atoms with Gasteiger partial charge < -0.3 is 19.9 Å². The number of aliphatic carboxylic acids is 1. The predicted octanol–water partition coefficient (Wildman–Crippen LogP) is -0.178. The molecule has 3 aromatic rings. The Labute approximate surface area is 203 Å². The molecule has 1 saturated heterocycles. The predicted molar refractivity (Wildman–Crippen MR) is 121 cm³/mol. The Kier molecular flexibility index (Phi) is 5.41. The van der Waals surface area contributed by atoms with Crippen molar-refractivity contribution in [1.82, 2.24) is 14.3 Å². The third-order valence-corrected chi connectivity index (χ3v) is 7.73. The summed E-state index contributed by atoms with van der Waals surface area (Å²) in [5.41, 5.74) is 0.813. The average Bonchev–Trinajstić information content (AvgIpc) is 3.42. The Hall–Kier alpha value is -3.70. The summed E-state index contributed by atoms with van der Waals surface area (Å²) < 4.78 is 3.27. The Morgan fingerprint density at radius 2 is 2.09 bits per heavy atom. The van der Waals surface area contributed by atoms with Crippen molar-refractivity contribution in [2.75, 3.05) is 0 Å². The van der Waals surface area contributed by atoms with Gasteiger partial charge in [-0.05, 0) is 13.0 Å². The van der Waals surface area contributed by atoms with Gasteiger partial charge in [0, 0.05) is 30.7 Å². The first kappa shape index (κ1) is 23.1. The van der Waals surface area contributed by atoms with Gasteiger partial charge in [-0.25, -0.2) is 4.98 Å². The second-order valence-electron chi connectivity index (χ2n) is 9.00. The summed E-state index contributed by atoms with van der Waals surface area (Å²) in [5, 5.41) is 22.1. The van der Waals surface area contributed by atoms with Crippen molar-refractivity contribution < 1.29 is 34.0 Å². The number of nitrogens with zero attached hydrogens (tertiary/aromatic N) is 4. The third-order valence-electron chi connectivity index (χ3n) is 6.58. The van der Waals surface area contributed by atoms with E-state index in [4.69, 9.17) is 0 Å². The van der Waals surface area contributed by atoms with Crippen molar-refractivity contribution >= 4 is 45.2 Å². The highest BCUT2D eigenvalue weighted by molar-refractivity contribution is 7.18. The van der Waals surface area contributed by atoms with Gasteiger partial charge in [-0.1, -0.05) is 6.92 Å². The summed E-state index contributed by atoms with van der Waals surface area (Å²) in [6, 6.07) is 2.86. The van der Waals surface area contributed by atoms with E-state index in [1.807, 2.05) is 6.92 Å². The summed E-state index contributed by atoms with van der Waals surface area (Å²) in [5.74, 6) is -3.30. The summed E-state index contributed by atoms with van der Waals surface area (Å²) in [7, 11) is 0. The van der Waals surface area contributed by atoms with Crippen LogP contribution in [0.2, 0.25) is 0 Å². The number of Topliss-reactive ketones (excluding diaryl/α,β-unsaturated/α-hetero) is 1. The molecule has 1 fully saturated rings. The topological polar surface area (TPSA) is 136 Å². The number of amides is 1. The first-order valence-electron chi connectivity index (χ1n) is 11.1. The lowest BCUT2D eigenvalue weighted by atomic mass is 9.77. The quantitative estimate of drug-likeness (QED) is 0.273. The molecule has 11 heteroatoms. The van der Waals surface area contributed by atoms with Crippen LogP contribution in [0.5, 0.6) is 0 Å². The molecule has 10 nitrogen and oxygen atoms in total. The maximum Gasteiger partial charge on any atom is 0.235 e. The lowest BCUT2D eigenvalue weighted by molar-refractivity contribution is -0.684. The first-order chi connectivity index (χ1) is 16.6. The maximum atomic E-state index is 13.2. The zero-order valence-corrected chi connectivity index (χ0v) is 20.0. The number of carbonyl (C=O) groups is 4. The van der Waals surface area contributed by atoms with E-state index < -0.39 is 29.9 Å². The molecular formula is C24H22N4O6S. The molecule has 2 aliphatic heterocycles. The number of carbonyl (C=O) groups excluding carboxylic acids is 4. The minimum absolute atomic E-state index is 0.0458. The second-order valence-corrected chi connectivity index (χ2v) is 10.0. The van der Waals surface area contributed by atoms with E-state index in [0.717, 1.165) is 0 Å². The first-order valence-corrected chi connectivity index (χ1v) is 11.9. The molecule has 4 atom stereocenters. The molecule has 0 unspecified atom stereocenters. The molecule has 3 aromatic heterocycles. The normalized spacial score (nSPS) is 22.3. The van der Waals surface area contributed by atoms with Crippen LogP contribution in [-0.2, 0) is 20.9 Å². The van der Waals surface area contributed by atoms with Crippen molar-refractivity contribution in [2.24, 2.45) is 11.8 Å². The molecule has 0 saturated carbocycles. The van der Waals surface area contributed by atoms with Gasteiger partial charge in [0.05, 0.1) is 40.2 Å². The molecular weight excluding hydrogens is 472 g/mol. The van der Waals surface area contributed by atoms with Crippen LogP contribution in [0, 0.1) is 11.8 Å². The maximum absolute atomic E-state index is 13.2. The highest BCUT2D eigenvalue weighted by Gasteiger charge is 2.58. The second kappa shape index (κ2) is 8.21. The Morgan fingerprint density at radius 3 is 2.74 bits per heavy atom. The fourth-order valence-electron chi connectivity index (χ4n) is 5.11. The van der Waals surface area contributed by atoms with Crippen LogP contribution in [0.15, 0.2) is 42.7 Å². The van der Waals surface area contributed by atoms with E-state index in [-0.39, 0.29) is 35.4 Å². The molecule has 5 heterocycles. The van der Waals surface area contributed by atoms with Gasteiger partial charge >= 0.3 is 0 Å². The number of imidazole rings is 1. The number of carboxylic acids is 1. The number of ketones is 2. The molecule has 1 N–H and O–H groups in total. The Morgan fingerprint density at radius 1 is 1.34 bits per heavy atom. The van der Waals surface area contributed by atoms with Crippen LogP contribution < -0.4 is 9.67 Å². The molecule has 2 aliphatic rings. The van der Waals surface area contributed by atoms with Crippen molar-refractivity contribution in [3.63, 3.8) is 0 Å².